The second-order valence-electron chi connectivity index (χ2n) is 3.81. The van der Waals surface area contributed by atoms with Gasteiger partial charge in [0.25, 0.3) is 0 Å². The van der Waals surface area contributed by atoms with E-state index in [4.69, 9.17) is 20.5 Å². The van der Waals surface area contributed by atoms with Crippen molar-refractivity contribution < 1.29 is 23.1 Å². The maximum absolute atomic E-state index is 11.3. The summed E-state index contributed by atoms with van der Waals surface area (Å²) in [6.45, 7) is 0.0868. The molecule has 3 unspecified atom stereocenters. The van der Waals surface area contributed by atoms with Crippen LogP contribution in [-0.2, 0) is 23.1 Å². The van der Waals surface area contributed by atoms with Crippen LogP contribution in [0.4, 0.5) is 0 Å². The quantitative estimate of drug-likeness (QED) is 0.505. The number of primary amides is 1. The molecular formula is C9H18N3O5P. The van der Waals surface area contributed by atoms with Crippen LogP contribution in [0, 0.1) is 0 Å². The summed E-state index contributed by atoms with van der Waals surface area (Å²) < 4.78 is 26.1. The number of ether oxygens (including phenoxy) is 1. The van der Waals surface area contributed by atoms with E-state index in [1.807, 2.05) is 0 Å². The average molecular weight is 279 g/mol. The number of carbonyl (C=O) groups is 1. The Morgan fingerprint density at radius 1 is 1.61 bits per heavy atom. The largest absolute Gasteiger partial charge is 0.402 e. The molecular weight excluding hydrogens is 261 g/mol. The van der Waals surface area contributed by atoms with Gasteiger partial charge in [0.05, 0.1) is 19.1 Å². The van der Waals surface area contributed by atoms with E-state index in [1.54, 1.807) is 0 Å². The lowest BCUT2D eigenvalue weighted by Gasteiger charge is -2.14. The molecule has 1 aliphatic heterocycles. The second kappa shape index (κ2) is 6.96. The lowest BCUT2D eigenvalue weighted by atomic mass is 10.2. The Balaban J connectivity index is 2.27. The zero-order chi connectivity index (χ0) is 13.6. The molecule has 18 heavy (non-hydrogen) atoms. The van der Waals surface area contributed by atoms with Crippen LogP contribution in [0.5, 0.6) is 0 Å². The minimum atomic E-state index is -3.46. The van der Waals surface area contributed by atoms with E-state index in [0.717, 1.165) is 0 Å². The van der Waals surface area contributed by atoms with Crippen molar-refractivity contribution in [2.24, 2.45) is 16.2 Å². The molecule has 3 atom stereocenters. The minimum Gasteiger partial charge on any atom is -0.369 e. The van der Waals surface area contributed by atoms with Crippen LogP contribution in [-0.4, -0.2) is 38.2 Å². The summed E-state index contributed by atoms with van der Waals surface area (Å²) in [6, 6.07) is 0. The van der Waals surface area contributed by atoms with Gasteiger partial charge < -0.3 is 15.0 Å². The molecule has 1 rings (SSSR count). The van der Waals surface area contributed by atoms with E-state index >= 15 is 0 Å². The van der Waals surface area contributed by atoms with Gasteiger partial charge in [-0.05, 0) is 12.8 Å². The third-order valence-corrected chi connectivity index (χ3v) is 3.36. The predicted molar refractivity (Wildman–Crippen MR) is 65.0 cm³/mol. The van der Waals surface area contributed by atoms with Crippen LogP contribution in [0.3, 0.4) is 0 Å². The molecule has 0 bridgehead atoms. The molecule has 1 amide bonds. The third kappa shape index (κ3) is 5.70. The fraction of sp³-hybridized carbons (Fsp3) is 0.778. The Morgan fingerprint density at radius 2 is 2.33 bits per heavy atom. The fourth-order valence-corrected chi connectivity index (χ4v) is 1.90. The maximum atomic E-state index is 11.3. The summed E-state index contributed by atoms with van der Waals surface area (Å²) in [5.74, 6) is -0.444. The van der Waals surface area contributed by atoms with Gasteiger partial charge in [-0.1, -0.05) is 0 Å². The zero-order valence-electron chi connectivity index (χ0n) is 10.2. The van der Waals surface area contributed by atoms with Crippen LogP contribution >= 0.6 is 7.75 Å². The number of hydrogen-bond acceptors (Lipinski definition) is 6. The first-order chi connectivity index (χ1) is 8.43. The van der Waals surface area contributed by atoms with Gasteiger partial charge in [0, 0.05) is 13.3 Å². The summed E-state index contributed by atoms with van der Waals surface area (Å²) in [7, 11) is -2.24. The van der Waals surface area contributed by atoms with Crippen molar-refractivity contribution in [3.05, 3.63) is 0 Å². The molecule has 104 valence electrons. The molecule has 0 aromatic carbocycles. The highest BCUT2D eigenvalue weighted by Crippen LogP contribution is 2.38. The highest BCUT2D eigenvalue weighted by atomic mass is 31.2. The van der Waals surface area contributed by atoms with E-state index in [1.165, 1.54) is 13.3 Å². The molecule has 0 aromatic rings. The standard InChI is InChI=1S/C9H18N3O5P/c1-15-18(11,14)16-6-7-2-3-9(17-7)12-5-4-8(10)13/h5,7,9H,2-4,6H2,1H3,(H2,10,13)(H2,11,14). The Bertz CT molecular complexity index is 362. The molecule has 1 heterocycles. The van der Waals surface area contributed by atoms with Crippen molar-refractivity contribution in [2.75, 3.05) is 13.7 Å². The van der Waals surface area contributed by atoms with Gasteiger partial charge in [-0.2, -0.15) is 0 Å². The monoisotopic (exact) mass is 279 g/mol. The van der Waals surface area contributed by atoms with Crippen LogP contribution < -0.4 is 11.2 Å². The molecule has 9 heteroatoms. The van der Waals surface area contributed by atoms with Gasteiger partial charge >= 0.3 is 7.75 Å². The topological polar surface area (TPSA) is 126 Å². The molecule has 4 N–H and O–H groups in total. The zero-order valence-corrected chi connectivity index (χ0v) is 11.0. The first-order valence-electron chi connectivity index (χ1n) is 5.47. The smallest absolute Gasteiger partial charge is 0.369 e. The van der Waals surface area contributed by atoms with Crippen LogP contribution in [0.1, 0.15) is 19.3 Å². The normalized spacial score (nSPS) is 27.4. The number of nitrogens with two attached hydrogens (primary N) is 2. The highest BCUT2D eigenvalue weighted by molar-refractivity contribution is 7.51. The summed E-state index contributed by atoms with van der Waals surface area (Å²) >= 11 is 0. The van der Waals surface area contributed by atoms with Crippen molar-refractivity contribution in [3.63, 3.8) is 0 Å². The summed E-state index contributed by atoms with van der Waals surface area (Å²) in [5.41, 5.74) is 10.2. The van der Waals surface area contributed by atoms with Crippen molar-refractivity contribution >= 4 is 19.9 Å². The number of rotatable bonds is 7. The lowest BCUT2D eigenvalue weighted by Crippen LogP contribution is -2.17. The average Bonchev–Trinajstić information content (AvgIpc) is 2.74. The van der Waals surface area contributed by atoms with Crippen molar-refractivity contribution in [2.45, 2.75) is 31.6 Å². The van der Waals surface area contributed by atoms with Crippen LogP contribution in [0.2, 0.25) is 0 Å². The van der Waals surface area contributed by atoms with Crippen LogP contribution in [0.15, 0.2) is 4.99 Å². The van der Waals surface area contributed by atoms with E-state index in [0.29, 0.717) is 12.8 Å². The number of aliphatic imine (C=N–C) groups is 1. The Hall–Kier alpha value is -0.790. The fourth-order valence-electron chi connectivity index (χ4n) is 1.42. The third-order valence-electron chi connectivity index (χ3n) is 2.34. The predicted octanol–water partition coefficient (Wildman–Crippen LogP) is 0.168. The molecule has 1 fully saturated rings. The van der Waals surface area contributed by atoms with Gasteiger partial charge in [0.15, 0.2) is 0 Å². The van der Waals surface area contributed by atoms with E-state index in [9.17, 15) is 9.36 Å². The molecule has 0 saturated carbocycles. The van der Waals surface area contributed by atoms with Crippen molar-refractivity contribution in [1.29, 1.82) is 0 Å². The minimum absolute atomic E-state index is 0.0860. The maximum Gasteiger partial charge on any atom is 0.402 e. The van der Waals surface area contributed by atoms with Gasteiger partial charge in [0.1, 0.15) is 6.23 Å². The lowest BCUT2D eigenvalue weighted by molar-refractivity contribution is -0.116. The van der Waals surface area contributed by atoms with Gasteiger partial charge in [0.2, 0.25) is 5.91 Å². The van der Waals surface area contributed by atoms with Gasteiger partial charge in [-0.3, -0.25) is 14.3 Å². The van der Waals surface area contributed by atoms with E-state index in [-0.39, 0.29) is 25.4 Å². The van der Waals surface area contributed by atoms with E-state index in [2.05, 4.69) is 9.52 Å². The molecule has 0 spiro atoms. The van der Waals surface area contributed by atoms with Gasteiger partial charge in [-0.15, -0.1) is 0 Å². The molecule has 0 aromatic heterocycles. The molecule has 1 saturated heterocycles. The number of hydrogen-bond donors (Lipinski definition) is 2. The Kier molecular flexibility index (Phi) is 5.90. The molecule has 0 aliphatic carbocycles. The molecule has 8 nitrogen and oxygen atoms in total. The molecule has 0 radical (unpaired) electrons. The Labute approximate surface area is 105 Å². The summed E-state index contributed by atoms with van der Waals surface area (Å²) in [6.07, 6.45) is 2.38. The van der Waals surface area contributed by atoms with Gasteiger partial charge in [-0.25, -0.2) is 10.1 Å². The first kappa shape index (κ1) is 15.3. The number of carbonyl (C=O) groups excluding carboxylic acids is 1. The summed E-state index contributed by atoms with van der Waals surface area (Å²) in [5, 5.41) is 0. The highest BCUT2D eigenvalue weighted by Gasteiger charge is 2.27. The molecule has 1 aliphatic rings. The first-order valence-corrected chi connectivity index (χ1v) is 7.08. The van der Waals surface area contributed by atoms with Crippen LogP contribution in [0.25, 0.3) is 0 Å². The second-order valence-corrected chi connectivity index (χ2v) is 5.51. The van der Waals surface area contributed by atoms with E-state index < -0.39 is 13.7 Å². The SMILES string of the molecule is COP(N)(=O)OCC1CCC(N=CCC(N)=O)O1. The Morgan fingerprint density at radius 3 is 2.94 bits per heavy atom. The van der Waals surface area contributed by atoms with Crippen molar-refractivity contribution in [3.8, 4) is 0 Å². The number of amides is 1. The number of nitrogens with zero attached hydrogens (tertiary/aromatic N) is 1. The van der Waals surface area contributed by atoms with Crippen molar-refractivity contribution in [1.82, 2.24) is 0 Å². The summed E-state index contributed by atoms with van der Waals surface area (Å²) in [4.78, 5) is 14.5.